The molecule has 0 aromatic carbocycles. The molecule has 0 aromatic heterocycles. The van der Waals surface area contributed by atoms with Crippen LogP contribution in [0.4, 0.5) is 13.2 Å². The van der Waals surface area contributed by atoms with Crippen LogP contribution in [0, 0.1) is 23.0 Å². The van der Waals surface area contributed by atoms with Crippen LogP contribution in [0.2, 0.25) is 0 Å². The standard InChI is InChI=1S/C21H32F3N3O2.H2O/c22-21(23,24)18-9-4-6-16(14-18)15-29-27-13-11-19(26-28)10-5-12-25-20(27)17-7-2-1-3-8-17;/h1-4,6-7,16-20,25H,5,8-15,26H2;1H2. The first-order valence-corrected chi connectivity index (χ1v) is 10.6. The second-order valence-corrected chi connectivity index (χ2v) is 8.27. The van der Waals surface area contributed by atoms with E-state index in [0.29, 0.717) is 13.0 Å². The van der Waals surface area contributed by atoms with Crippen LogP contribution in [0.3, 0.4) is 0 Å². The largest absolute Gasteiger partial charge is 0.636 e. The van der Waals surface area contributed by atoms with Gasteiger partial charge in [-0.2, -0.15) is 18.2 Å². The highest BCUT2D eigenvalue weighted by Gasteiger charge is 2.41. The van der Waals surface area contributed by atoms with Gasteiger partial charge in [0.25, 0.3) is 0 Å². The molecule has 0 radical (unpaired) electrons. The molecule has 5 N–H and O–H groups in total. The van der Waals surface area contributed by atoms with Crippen LogP contribution in [0.1, 0.15) is 38.5 Å². The maximum Gasteiger partial charge on any atom is 0.392 e. The molecular formula is C21H34F3N3O3. The van der Waals surface area contributed by atoms with Crippen molar-refractivity contribution in [2.45, 2.75) is 56.9 Å². The normalized spacial score (nSPS) is 33.4. The van der Waals surface area contributed by atoms with Crippen LogP contribution in [-0.4, -0.2) is 48.6 Å². The predicted octanol–water partition coefficient (Wildman–Crippen LogP) is 2.20. The average molecular weight is 434 g/mol. The van der Waals surface area contributed by atoms with Gasteiger partial charge in [0.15, 0.2) is 0 Å². The first-order valence-electron chi connectivity index (χ1n) is 10.6. The smallest absolute Gasteiger partial charge is 0.392 e. The summed E-state index contributed by atoms with van der Waals surface area (Å²) in [5.74, 6) is -1.33. The first kappa shape index (κ1) is 25.0. The van der Waals surface area contributed by atoms with Crippen LogP contribution in [-0.2, 0) is 4.84 Å². The molecule has 6 nitrogen and oxygen atoms in total. The third kappa shape index (κ3) is 7.18. The summed E-state index contributed by atoms with van der Waals surface area (Å²) < 4.78 is 39.3. The van der Waals surface area contributed by atoms with Gasteiger partial charge in [-0.3, -0.25) is 10.2 Å². The summed E-state index contributed by atoms with van der Waals surface area (Å²) in [5, 5.41) is 16.8. The van der Waals surface area contributed by atoms with E-state index in [1.165, 1.54) is 0 Å². The van der Waals surface area contributed by atoms with Gasteiger partial charge in [-0.1, -0.05) is 36.5 Å². The molecule has 1 heterocycles. The molecule has 0 spiro atoms. The number of alkyl halides is 3. The van der Waals surface area contributed by atoms with Crippen molar-refractivity contribution >= 4 is 0 Å². The van der Waals surface area contributed by atoms with Gasteiger partial charge in [0, 0.05) is 31.2 Å². The Morgan fingerprint density at radius 3 is 2.67 bits per heavy atom. The zero-order chi connectivity index (χ0) is 20.7. The molecule has 9 heteroatoms. The van der Waals surface area contributed by atoms with E-state index in [1.54, 1.807) is 6.08 Å². The van der Waals surface area contributed by atoms with Gasteiger partial charge in [-0.25, -0.2) is 0 Å². The Kier molecular flexibility index (Phi) is 9.99. The Bertz CT molecular complexity index is 598. The van der Waals surface area contributed by atoms with Gasteiger partial charge in [0.2, 0.25) is 0 Å². The Morgan fingerprint density at radius 1 is 1.13 bits per heavy atom. The molecule has 3 aliphatic rings. The molecule has 0 aromatic rings. The summed E-state index contributed by atoms with van der Waals surface area (Å²) >= 11 is 0. The van der Waals surface area contributed by atoms with Crippen molar-refractivity contribution in [3.63, 3.8) is 0 Å². The van der Waals surface area contributed by atoms with Crippen molar-refractivity contribution in [1.29, 1.82) is 0 Å². The van der Waals surface area contributed by atoms with E-state index in [4.69, 9.17) is 4.84 Å². The second-order valence-electron chi connectivity index (χ2n) is 8.27. The number of hydroxylamine groups is 3. The highest BCUT2D eigenvalue weighted by atomic mass is 19.4. The van der Waals surface area contributed by atoms with E-state index < -0.39 is 12.1 Å². The molecule has 1 saturated heterocycles. The lowest BCUT2D eigenvalue weighted by Gasteiger charge is -2.37. The highest BCUT2D eigenvalue weighted by Crippen LogP contribution is 2.37. The molecule has 1 fully saturated rings. The maximum absolute atomic E-state index is 13.1. The van der Waals surface area contributed by atoms with Crippen LogP contribution in [0.5, 0.6) is 0 Å². The minimum absolute atomic E-state index is 0. The number of halogens is 3. The van der Waals surface area contributed by atoms with E-state index >= 15 is 0 Å². The van der Waals surface area contributed by atoms with Crippen molar-refractivity contribution in [1.82, 2.24) is 10.4 Å². The van der Waals surface area contributed by atoms with Crippen LogP contribution >= 0.6 is 0 Å². The van der Waals surface area contributed by atoms with E-state index in [0.717, 1.165) is 31.3 Å². The lowest BCUT2D eigenvalue weighted by molar-refractivity contribution is -0.629. The van der Waals surface area contributed by atoms with Crippen molar-refractivity contribution in [3.8, 4) is 0 Å². The van der Waals surface area contributed by atoms with Crippen LogP contribution in [0.25, 0.3) is 0 Å². The first-order chi connectivity index (χ1) is 14.0. The molecule has 3 rings (SSSR count). The molecule has 5 atom stereocenters. The molecule has 0 bridgehead atoms. The number of nitrogens with zero attached hydrogens (tertiary/aromatic N) is 1. The lowest BCUT2D eigenvalue weighted by Crippen LogP contribution is -2.84. The van der Waals surface area contributed by atoms with E-state index in [-0.39, 0.29) is 49.0 Å². The maximum atomic E-state index is 13.1. The molecule has 30 heavy (non-hydrogen) atoms. The van der Waals surface area contributed by atoms with E-state index in [2.05, 4.69) is 17.5 Å². The number of hydrogen-bond acceptors (Lipinski definition) is 4. The number of hydrogen-bond donors (Lipinski definition) is 2. The van der Waals surface area contributed by atoms with E-state index in [9.17, 15) is 18.4 Å². The molecule has 172 valence electrons. The zero-order valence-electron chi connectivity index (χ0n) is 17.2. The Morgan fingerprint density at radius 2 is 1.97 bits per heavy atom. The van der Waals surface area contributed by atoms with Gasteiger partial charge in [-0.05, 0) is 32.2 Å². The highest BCUT2D eigenvalue weighted by molar-refractivity contribution is 5.12. The van der Waals surface area contributed by atoms with Crippen molar-refractivity contribution in [3.05, 3.63) is 41.7 Å². The topological polar surface area (TPSA) is 95.7 Å². The minimum Gasteiger partial charge on any atom is -0.636 e. The van der Waals surface area contributed by atoms with Gasteiger partial charge < -0.3 is 16.2 Å². The van der Waals surface area contributed by atoms with Crippen LogP contribution in [0.15, 0.2) is 36.5 Å². The van der Waals surface area contributed by atoms with Crippen molar-refractivity contribution in [2.75, 3.05) is 19.7 Å². The Balaban J connectivity index is 0.00000320. The summed E-state index contributed by atoms with van der Waals surface area (Å²) in [5.41, 5.74) is 1.01. The minimum atomic E-state index is -4.16. The fraction of sp³-hybridized carbons (Fsp3) is 0.714. The number of nitrogens with two attached hydrogens (primary N) is 1. The Labute approximate surface area is 176 Å². The number of rotatable bonds is 5. The van der Waals surface area contributed by atoms with Crippen molar-refractivity contribution in [2.24, 2.45) is 17.8 Å². The number of allylic oxidation sites excluding steroid dienone is 4. The predicted molar refractivity (Wildman–Crippen MR) is 109 cm³/mol. The lowest BCUT2D eigenvalue weighted by atomic mass is 9.87. The molecular weight excluding hydrogens is 399 g/mol. The summed E-state index contributed by atoms with van der Waals surface area (Å²) in [7, 11) is 0. The van der Waals surface area contributed by atoms with E-state index in [1.807, 2.05) is 23.3 Å². The average Bonchev–Trinajstić information content (AvgIpc) is 2.82. The molecule has 2 aliphatic carbocycles. The quantitative estimate of drug-likeness (QED) is 0.513. The molecule has 0 saturated carbocycles. The monoisotopic (exact) mass is 433 g/mol. The molecule has 1 aliphatic heterocycles. The fourth-order valence-electron chi connectivity index (χ4n) is 4.33. The van der Waals surface area contributed by atoms with Crippen molar-refractivity contribution < 1.29 is 29.0 Å². The van der Waals surface area contributed by atoms with Gasteiger partial charge in [0.1, 0.15) is 0 Å². The summed E-state index contributed by atoms with van der Waals surface area (Å²) in [6.45, 7) is 1.58. The third-order valence-electron chi connectivity index (χ3n) is 6.08. The zero-order valence-corrected chi connectivity index (χ0v) is 17.2. The van der Waals surface area contributed by atoms with Gasteiger partial charge >= 0.3 is 6.18 Å². The second kappa shape index (κ2) is 12.0. The third-order valence-corrected chi connectivity index (χ3v) is 6.08. The van der Waals surface area contributed by atoms with Gasteiger partial charge in [0.05, 0.1) is 24.7 Å². The number of quaternary nitrogens is 1. The Hall–Kier alpha value is -1.23. The fourth-order valence-corrected chi connectivity index (χ4v) is 4.33. The summed E-state index contributed by atoms with van der Waals surface area (Å²) in [4.78, 5) is 6.11. The molecule has 0 amide bonds. The number of nitrogens with one attached hydrogen (secondary N) is 1. The summed E-state index contributed by atoms with van der Waals surface area (Å²) in [6, 6.07) is -0.00682. The SMILES string of the molecule is O.[O-][NH2+]C1CCCNC(C2C=CC=CC2)N(OCC2C=CCC(C(F)(F)F)C2)CC1. The molecule has 5 unspecified atom stereocenters. The van der Waals surface area contributed by atoms with Crippen LogP contribution < -0.4 is 10.8 Å². The van der Waals surface area contributed by atoms with Gasteiger partial charge in [-0.15, -0.1) is 0 Å². The summed E-state index contributed by atoms with van der Waals surface area (Å²) in [6.07, 6.45) is 11.0.